The van der Waals surface area contributed by atoms with Crippen molar-refractivity contribution in [2.45, 2.75) is 63.3 Å². The average molecular weight is 534 g/mol. The number of aliphatic hydroxyl groups is 3. The molecule has 0 amide bonds. The number of aryl methyl sites for hydroxylation is 1. The summed E-state index contributed by atoms with van der Waals surface area (Å²) in [6.45, 7) is 0. The molecule has 0 spiro atoms. The van der Waals surface area contributed by atoms with Crippen LogP contribution in [0.1, 0.15) is 43.4 Å². The molecular weight excluding hydrogens is 505 g/mol. The molecule has 1 aliphatic rings. The van der Waals surface area contributed by atoms with Gasteiger partial charge in [0.2, 0.25) is 0 Å². The molecule has 4 N–H and O–H groups in total. The summed E-state index contributed by atoms with van der Waals surface area (Å²) in [5.74, 6) is -1.07. The second-order valence-corrected chi connectivity index (χ2v) is 8.08. The van der Waals surface area contributed by atoms with Gasteiger partial charge < -0.3 is 31.8 Å². The molecule has 1 aliphatic carbocycles. The number of hydrogen-bond acceptors (Lipinski definition) is 5. The molecule has 1 aromatic heterocycles. The first kappa shape index (κ1) is 25.9. The third kappa shape index (κ3) is 9.14. The van der Waals surface area contributed by atoms with Gasteiger partial charge >= 0.3 is 5.97 Å². The van der Waals surface area contributed by atoms with Crippen molar-refractivity contribution in [2.75, 3.05) is 0 Å². The predicted molar refractivity (Wildman–Crippen MR) is 105 cm³/mol. The van der Waals surface area contributed by atoms with Gasteiger partial charge in [-0.05, 0) is 31.6 Å². The van der Waals surface area contributed by atoms with Crippen LogP contribution >= 0.6 is 11.3 Å². The number of rotatable bonds is 11. The van der Waals surface area contributed by atoms with Crippen molar-refractivity contribution in [1.29, 1.82) is 0 Å². The van der Waals surface area contributed by atoms with Crippen molar-refractivity contribution >= 4 is 17.3 Å². The quantitative estimate of drug-likeness (QED) is 0.199. The van der Waals surface area contributed by atoms with E-state index in [0.29, 0.717) is 32.1 Å². The number of unbranched alkanes of at least 4 members (excludes halogenated alkanes) is 1. The van der Waals surface area contributed by atoms with E-state index in [1.807, 2.05) is 30.4 Å². The fourth-order valence-corrected chi connectivity index (χ4v) is 4.14. The fourth-order valence-electron chi connectivity index (χ4n) is 3.50. The minimum absolute atomic E-state index is 0. The summed E-state index contributed by atoms with van der Waals surface area (Å²) in [4.78, 5) is 11.7. The summed E-state index contributed by atoms with van der Waals surface area (Å²) in [6, 6.07) is 3.87. The van der Waals surface area contributed by atoms with Crippen molar-refractivity contribution < 1.29 is 66.5 Å². The standard InChI is InChI=1S/C21H29O5S.Pr/c22-15(9-11-16-6-5-13-27-16)10-12-18-17(19(23)14-20(18)24)7-3-1-2-4-8-21(25)26;/h1,3,5-6,10,12,15,17-20,22-24H,2,4,7-9,11,14H2,(H,25,26);/q-1;/b3-1-,12-10+;/t15-,17+,18+,19-,20+;/m0./s1. The van der Waals surface area contributed by atoms with Gasteiger partial charge in [-0.15, -0.1) is 10.3 Å². The van der Waals surface area contributed by atoms with Gasteiger partial charge in [-0.2, -0.15) is 6.07 Å². The van der Waals surface area contributed by atoms with Crippen LogP contribution in [0, 0.1) is 58.5 Å². The Morgan fingerprint density at radius 2 is 2.11 bits per heavy atom. The molecule has 7 heteroatoms. The molecule has 0 aliphatic heterocycles. The van der Waals surface area contributed by atoms with E-state index in [0.717, 1.165) is 6.42 Å². The summed E-state index contributed by atoms with van der Waals surface area (Å²) in [6.07, 6.45) is 9.52. The first-order valence-corrected chi connectivity index (χ1v) is 10.3. The van der Waals surface area contributed by atoms with Gasteiger partial charge in [0.25, 0.3) is 0 Å². The SMILES string of the molecule is O=C(O)CCC/C=C\C[C@@H]1[C@@H](/C=C/[C@@H](O)CCc2cc[c-]s2)[C@H](O)C[C@@H]1O.[Pr]. The van der Waals surface area contributed by atoms with E-state index in [1.54, 1.807) is 17.4 Å². The maximum Gasteiger partial charge on any atom is 0.303 e. The third-order valence-electron chi connectivity index (χ3n) is 5.02. The number of allylic oxidation sites excluding steroid dienone is 2. The van der Waals surface area contributed by atoms with Crippen LogP contribution in [0.3, 0.4) is 0 Å². The molecule has 0 aromatic carbocycles. The van der Waals surface area contributed by atoms with E-state index >= 15 is 0 Å². The Balaban J connectivity index is 0.00000392. The zero-order valence-corrected chi connectivity index (χ0v) is 20.5. The van der Waals surface area contributed by atoms with Crippen LogP contribution < -0.4 is 0 Å². The Morgan fingerprint density at radius 3 is 2.79 bits per heavy atom. The number of carbonyl (C=O) groups is 1. The second kappa shape index (κ2) is 14.0. The van der Waals surface area contributed by atoms with Crippen molar-refractivity contribution in [3.05, 3.63) is 46.7 Å². The molecule has 0 unspecified atom stereocenters. The third-order valence-corrected chi connectivity index (χ3v) is 5.88. The van der Waals surface area contributed by atoms with Crippen LogP contribution in [-0.2, 0) is 11.2 Å². The Bertz CT molecular complexity index is 616. The van der Waals surface area contributed by atoms with E-state index in [2.05, 4.69) is 5.38 Å². The van der Waals surface area contributed by atoms with Crippen LogP contribution in [0.15, 0.2) is 36.4 Å². The number of aliphatic carboxylic acids is 1. The van der Waals surface area contributed by atoms with Crippen LogP contribution in [-0.4, -0.2) is 44.7 Å². The smallest absolute Gasteiger partial charge is 0.303 e. The van der Waals surface area contributed by atoms with E-state index < -0.39 is 24.3 Å². The van der Waals surface area contributed by atoms with Gasteiger partial charge in [-0.25, -0.2) is 6.07 Å². The zero-order valence-electron chi connectivity index (χ0n) is 16.0. The molecule has 1 aromatic rings. The Labute approximate surface area is 204 Å². The molecule has 5 nitrogen and oxygen atoms in total. The minimum Gasteiger partial charge on any atom is -0.481 e. The molecule has 1 heterocycles. The van der Waals surface area contributed by atoms with Crippen molar-refractivity contribution in [3.63, 3.8) is 0 Å². The second-order valence-electron chi connectivity index (χ2n) is 7.12. The van der Waals surface area contributed by atoms with E-state index in [9.17, 15) is 20.1 Å². The summed E-state index contributed by atoms with van der Waals surface area (Å²) in [5, 5.41) is 42.3. The maximum atomic E-state index is 10.5. The van der Waals surface area contributed by atoms with Crippen LogP contribution in [0.5, 0.6) is 0 Å². The first-order chi connectivity index (χ1) is 13.0. The molecule has 1 radical (unpaired) electrons. The van der Waals surface area contributed by atoms with Gasteiger partial charge in [-0.3, -0.25) is 4.79 Å². The Hall–Kier alpha value is -0.106. The number of carboxylic acid groups (broad SMARTS) is 1. The molecule has 1 fully saturated rings. The molecule has 153 valence electrons. The topological polar surface area (TPSA) is 98.0 Å². The molecule has 0 saturated heterocycles. The van der Waals surface area contributed by atoms with Gasteiger partial charge in [0.1, 0.15) is 0 Å². The van der Waals surface area contributed by atoms with Crippen LogP contribution in [0.2, 0.25) is 0 Å². The van der Waals surface area contributed by atoms with Gasteiger partial charge in [-0.1, -0.05) is 30.7 Å². The van der Waals surface area contributed by atoms with Crippen molar-refractivity contribution in [2.24, 2.45) is 11.8 Å². The van der Waals surface area contributed by atoms with Crippen molar-refractivity contribution in [3.8, 4) is 0 Å². The molecule has 0 bridgehead atoms. The minimum atomic E-state index is -0.793. The van der Waals surface area contributed by atoms with E-state index in [-0.39, 0.29) is 59.5 Å². The Kier molecular flexibility index (Phi) is 13.0. The average Bonchev–Trinajstić information content (AvgIpc) is 3.22. The molecule has 28 heavy (non-hydrogen) atoms. The fraction of sp³-hybridized carbons (Fsp3) is 0.571. The Morgan fingerprint density at radius 1 is 1.32 bits per heavy atom. The first-order valence-electron chi connectivity index (χ1n) is 9.51. The summed E-state index contributed by atoms with van der Waals surface area (Å²) in [5.41, 5.74) is 0. The van der Waals surface area contributed by atoms with Crippen LogP contribution in [0.4, 0.5) is 0 Å². The monoisotopic (exact) mass is 534 g/mol. The normalized spacial score (nSPS) is 26.0. The van der Waals surface area contributed by atoms with Gasteiger partial charge in [0.05, 0.1) is 18.3 Å². The molecule has 2 rings (SSSR count). The molecular formula is C21H29O5PrS-. The molecule has 5 atom stereocenters. The largest absolute Gasteiger partial charge is 0.481 e. The predicted octanol–water partition coefficient (Wildman–Crippen LogP) is 2.96. The number of hydrogen-bond donors (Lipinski definition) is 4. The van der Waals surface area contributed by atoms with Gasteiger partial charge in [0.15, 0.2) is 0 Å². The molecule has 1 saturated carbocycles. The van der Waals surface area contributed by atoms with E-state index in [4.69, 9.17) is 5.11 Å². The number of carboxylic acids is 1. The zero-order chi connectivity index (χ0) is 19.6. The van der Waals surface area contributed by atoms with Crippen molar-refractivity contribution in [1.82, 2.24) is 0 Å². The maximum absolute atomic E-state index is 10.5. The summed E-state index contributed by atoms with van der Waals surface area (Å²) >= 11 is 1.55. The summed E-state index contributed by atoms with van der Waals surface area (Å²) < 4.78 is 0. The van der Waals surface area contributed by atoms with E-state index in [1.165, 1.54) is 4.88 Å². The summed E-state index contributed by atoms with van der Waals surface area (Å²) in [7, 11) is 0. The van der Waals surface area contributed by atoms with Gasteiger partial charge in [0, 0.05) is 60.1 Å². The van der Waals surface area contributed by atoms with Crippen LogP contribution in [0.25, 0.3) is 0 Å². The number of aliphatic hydroxyl groups excluding tert-OH is 3. The number of thiophene rings is 1.